The molecule has 0 aliphatic carbocycles. The van der Waals surface area contributed by atoms with Crippen molar-refractivity contribution in [3.63, 3.8) is 0 Å². The summed E-state index contributed by atoms with van der Waals surface area (Å²) >= 11 is 1.46. The van der Waals surface area contributed by atoms with E-state index in [2.05, 4.69) is 9.97 Å². The van der Waals surface area contributed by atoms with Crippen LogP contribution in [0.1, 0.15) is 25.1 Å². The van der Waals surface area contributed by atoms with E-state index in [0.29, 0.717) is 11.7 Å². The molecule has 4 aromatic rings. The first-order chi connectivity index (χ1) is 15.3. The number of carbonyl (C=O) groups excluding carboxylic acids is 1. The van der Waals surface area contributed by atoms with Gasteiger partial charge in [-0.25, -0.2) is 13.4 Å². The second-order valence-electron chi connectivity index (χ2n) is 7.68. The van der Waals surface area contributed by atoms with Gasteiger partial charge in [-0.1, -0.05) is 41.7 Å². The average molecular weight is 466 g/mol. The van der Waals surface area contributed by atoms with Gasteiger partial charge in [0.2, 0.25) is 5.91 Å². The molecule has 8 heteroatoms. The van der Waals surface area contributed by atoms with Crippen molar-refractivity contribution in [3.8, 4) is 0 Å². The van der Waals surface area contributed by atoms with Gasteiger partial charge in [-0.05, 0) is 55.8 Å². The number of nitrogens with zero attached hydrogens (tertiary/aromatic N) is 3. The third-order valence-electron chi connectivity index (χ3n) is 5.09. The minimum atomic E-state index is -3.35. The number of sulfone groups is 1. The maximum atomic E-state index is 13.3. The SMILES string of the molecule is CC(C)S(=O)(=O)c1ccc(CC(=O)N(Cc2ccccn2)c2nc3ccccc3s2)cc1. The lowest BCUT2D eigenvalue weighted by Gasteiger charge is -2.19. The fraction of sp³-hybridized carbons (Fsp3) is 0.208. The van der Waals surface area contributed by atoms with Crippen LogP contribution in [0.4, 0.5) is 5.13 Å². The molecule has 0 N–H and O–H groups in total. The molecule has 0 aliphatic heterocycles. The Hall–Kier alpha value is -3.10. The zero-order chi connectivity index (χ0) is 22.7. The lowest BCUT2D eigenvalue weighted by atomic mass is 10.1. The molecule has 0 unspecified atom stereocenters. The number of amides is 1. The second kappa shape index (κ2) is 9.18. The number of para-hydroxylation sites is 1. The highest BCUT2D eigenvalue weighted by Crippen LogP contribution is 2.30. The van der Waals surface area contributed by atoms with Crippen LogP contribution in [0.15, 0.2) is 77.8 Å². The highest BCUT2D eigenvalue weighted by molar-refractivity contribution is 7.92. The predicted octanol–water partition coefficient (Wildman–Crippen LogP) is 4.65. The molecule has 0 bridgehead atoms. The van der Waals surface area contributed by atoms with Crippen molar-refractivity contribution in [1.82, 2.24) is 9.97 Å². The molecule has 2 heterocycles. The number of hydrogen-bond acceptors (Lipinski definition) is 6. The summed E-state index contributed by atoms with van der Waals surface area (Å²) in [5.74, 6) is -0.130. The number of fused-ring (bicyclic) bond motifs is 1. The molecule has 0 atom stereocenters. The fourth-order valence-electron chi connectivity index (χ4n) is 3.23. The molecular weight excluding hydrogens is 442 g/mol. The second-order valence-corrected chi connectivity index (χ2v) is 11.2. The molecule has 2 aromatic carbocycles. The summed E-state index contributed by atoms with van der Waals surface area (Å²) in [5.41, 5.74) is 2.35. The Kier molecular flexibility index (Phi) is 6.34. The molecule has 6 nitrogen and oxygen atoms in total. The first-order valence-corrected chi connectivity index (χ1v) is 12.6. The number of pyridine rings is 1. The fourth-order valence-corrected chi connectivity index (χ4v) is 5.27. The van der Waals surface area contributed by atoms with Crippen molar-refractivity contribution >= 4 is 42.4 Å². The largest absolute Gasteiger partial charge is 0.282 e. The van der Waals surface area contributed by atoms with Crippen molar-refractivity contribution in [1.29, 1.82) is 0 Å². The lowest BCUT2D eigenvalue weighted by molar-refractivity contribution is -0.118. The number of carbonyl (C=O) groups is 1. The molecule has 2 aromatic heterocycles. The average Bonchev–Trinajstić information content (AvgIpc) is 3.22. The zero-order valence-electron chi connectivity index (χ0n) is 17.8. The monoisotopic (exact) mass is 465 g/mol. The number of anilines is 1. The Morgan fingerprint density at radius 2 is 1.72 bits per heavy atom. The van der Waals surface area contributed by atoms with Crippen LogP contribution in [0, 0.1) is 0 Å². The molecule has 0 radical (unpaired) electrons. The van der Waals surface area contributed by atoms with Gasteiger partial charge in [0.25, 0.3) is 0 Å². The molecule has 0 aliphatic rings. The van der Waals surface area contributed by atoms with Crippen molar-refractivity contribution in [2.75, 3.05) is 4.90 Å². The quantitative estimate of drug-likeness (QED) is 0.397. The minimum Gasteiger partial charge on any atom is -0.282 e. The Bertz CT molecular complexity index is 1300. The molecular formula is C24H23N3O3S2. The summed E-state index contributed by atoms with van der Waals surface area (Å²) in [7, 11) is -3.35. The molecule has 0 fully saturated rings. The minimum absolute atomic E-state index is 0.130. The first-order valence-electron chi connectivity index (χ1n) is 10.2. The first kappa shape index (κ1) is 22.1. The third kappa shape index (κ3) is 4.71. The van der Waals surface area contributed by atoms with Gasteiger partial charge in [0, 0.05) is 6.20 Å². The van der Waals surface area contributed by atoms with E-state index in [1.54, 1.807) is 49.2 Å². The van der Waals surface area contributed by atoms with E-state index in [0.717, 1.165) is 21.5 Å². The summed E-state index contributed by atoms with van der Waals surface area (Å²) in [6, 6.07) is 19.9. The van der Waals surface area contributed by atoms with E-state index >= 15 is 0 Å². The van der Waals surface area contributed by atoms with E-state index in [-0.39, 0.29) is 17.2 Å². The topological polar surface area (TPSA) is 80.2 Å². The molecule has 4 rings (SSSR count). The van der Waals surface area contributed by atoms with Crippen LogP contribution in [0.3, 0.4) is 0 Å². The Morgan fingerprint density at radius 3 is 2.38 bits per heavy atom. The number of benzene rings is 2. The molecule has 0 saturated heterocycles. The normalized spacial score (nSPS) is 11.7. The summed E-state index contributed by atoms with van der Waals surface area (Å²) in [6.45, 7) is 3.61. The maximum absolute atomic E-state index is 13.3. The smallest absolute Gasteiger partial charge is 0.233 e. The van der Waals surface area contributed by atoms with Crippen LogP contribution in [-0.2, 0) is 27.6 Å². The van der Waals surface area contributed by atoms with Crippen LogP contribution >= 0.6 is 11.3 Å². The van der Waals surface area contributed by atoms with Gasteiger partial charge in [0.15, 0.2) is 15.0 Å². The van der Waals surface area contributed by atoms with Crippen LogP contribution in [0.2, 0.25) is 0 Å². The maximum Gasteiger partial charge on any atom is 0.233 e. The van der Waals surface area contributed by atoms with Crippen molar-refractivity contribution in [2.45, 2.75) is 37.0 Å². The Balaban J connectivity index is 1.61. The number of aromatic nitrogens is 2. The summed E-state index contributed by atoms with van der Waals surface area (Å²) in [5, 5.41) is 0.115. The Morgan fingerprint density at radius 1 is 1.00 bits per heavy atom. The van der Waals surface area contributed by atoms with Gasteiger partial charge in [0.05, 0.1) is 39.0 Å². The van der Waals surface area contributed by atoms with Gasteiger partial charge >= 0.3 is 0 Å². The van der Waals surface area contributed by atoms with Crippen molar-refractivity contribution in [2.24, 2.45) is 0 Å². The highest BCUT2D eigenvalue weighted by Gasteiger charge is 2.22. The predicted molar refractivity (Wildman–Crippen MR) is 128 cm³/mol. The van der Waals surface area contributed by atoms with Gasteiger partial charge in [-0.2, -0.15) is 0 Å². The summed E-state index contributed by atoms with van der Waals surface area (Å²) in [4.78, 5) is 24.3. The zero-order valence-corrected chi connectivity index (χ0v) is 19.4. The van der Waals surface area contributed by atoms with Crippen LogP contribution < -0.4 is 4.90 Å². The van der Waals surface area contributed by atoms with Crippen molar-refractivity contribution in [3.05, 3.63) is 84.2 Å². The number of thiazole rings is 1. The van der Waals surface area contributed by atoms with Gasteiger partial charge in [0.1, 0.15) is 0 Å². The van der Waals surface area contributed by atoms with Gasteiger partial charge < -0.3 is 0 Å². The molecule has 164 valence electrons. The van der Waals surface area contributed by atoms with E-state index in [1.807, 2.05) is 42.5 Å². The van der Waals surface area contributed by atoms with Crippen LogP contribution in [-0.4, -0.2) is 29.5 Å². The van der Waals surface area contributed by atoms with Gasteiger partial charge in [-0.3, -0.25) is 14.7 Å². The van der Waals surface area contributed by atoms with Gasteiger partial charge in [-0.15, -0.1) is 0 Å². The highest BCUT2D eigenvalue weighted by atomic mass is 32.2. The lowest BCUT2D eigenvalue weighted by Crippen LogP contribution is -2.32. The standard InChI is InChI=1S/C24H23N3O3S2/c1-17(2)32(29,30)20-12-10-18(11-13-20)15-23(28)27(16-19-7-5-6-14-25-19)24-26-21-8-3-4-9-22(21)31-24/h3-14,17H,15-16H2,1-2H3. The Labute approximate surface area is 191 Å². The number of hydrogen-bond donors (Lipinski definition) is 0. The summed E-state index contributed by atoms with van der Waals surface area (Å²) < 4.78 is 25.7. The van der Waals surface area contributed by atoms with E-state index in [9.17, 15) is 13.2 Å². The molecule has 32 heavy (non-hydrogen) atoms. The van der Waals surface area contributed by atoms with E-state index < -0.39 is 15.1 Å². The third-order valence-corrected chi connectivity index (χ3v) is 8.32. The van der Waals surface area contributed by atoms with Crippen molar-refractivity contribution < 1.29 is 13.2 Å². The van der Waals surface area contributed by atoms with Crippen LogP contribution in [0.25, 0.3) is 10.2 Å². The summed E-state index contributed by atoms with van der Waals surface area (Å²) in [6.07, 6.45) is 1.83. The van der Waals surface area contributed by atoms with E-state index in [1.165, 1.54) is 11.3 Å². The molecule has 0 saturated carbocycles. The molecule has 1 amide bonds. The molecule has 0 spiro atoms. The van der Waals surface area contributed by atoms with E-state index in [4.69, 9.17) is 0 Å². The number of rotatable bonds is 7. The van der Waals surface area contributed by atoms with Crippen LogP contribution in [0.5, 0.6) is 0 Å².